The average molecular weight is 354 g/mol. The number of para-hydroxylation sites is 2. The van der Waals surface area contributed by atoms with Crippen molar-refractivity contribution in [3.63, 3.8) is 0 Å². The van der Waals surface area contributed by atoms with Gasteiger partial charge in [-0.3, -0.25) is 9.59 Å². The van der Waals surface area contributed by atoms with Crippen molar-refractivity contribution in [3.8, 4) is 5.75 Å². The second-order valence-corrected chi connectivity index (χ2v) is 6.01. The largest absolute Gasteiger partial charge is 0.492 e. The van der Waals surface area contributed by atoms with Crippen LogP contribution in [0.2, 0.25) is 0 Å². The summed E-state index contributed by atoms with van der Waals surface area (Å²) in [4.78, 5) is 24.8. The Bertz CT molecular complexity index is 785. The standard InChI is InChI=1S/C20H22N2O4/c1-2-26-18-9-4-3-8-17(18)22-19(23)14-6-5-7-16(12-14)21-20(24)15-10-11-25-13-15/h3-9,12,15H,2,10-11,13H2,1H3,(H,21,24)(H,22,23). The monoisotopic (exact) mass is 354 g/mol. The molecule has 26 heavy (non-hydrogen) atoms. The number of nitrogens with one attached hydrogen (secondary N) is 2. The topological polar surface area (TPSA) is 76.7 Å². The first-order valence-electron chi connectivity index (χ1n) is 8.69. The van der Waals surface area contributed by atoms with Gasteiger partial charge in [0.25, 0.3) is 5.91 Å². The van der Waals surface area contributed by atoms with E-state index in [-0.39, 0.29) is 17.7 Å². The van der Waals surface area contributed by atoms with Crippen LogP contribution in [0.5, 0.6) is 5.75 Å². The van der Waals surface area contributed by atoms with Crippen LogP contribution in [0.1, 0.15) is 23.7 Å². The van der Waals surface area contributed by atoms with Gasteiger partial charge in [-0.15, -0.1) is 0 Å². The maximum Gasteiger partial charge on any atom is 0.255 e. The summed E-state index contributed by atoms with van der Waals surface area (Å²) in [5.74, 6) is 0.138. The van der Waals surface area contributed by atoms with Gasteiger partial charge in [-0.1, -0.05) is 18.2 Å². The van der Waals surface area contributed by atoms with Crippen molar-refractivity contribution in [3.05, 3.63) is 54.1 Å². The third-order valence-corrected chi connectivity index (χ3v) is 4.13. The van der Waals surface area contributed by atoms with E-state index >= 15 is 0 Å². The lowest BCUT2D eigenvalue weighted by Crippen LogP contribution is -2.23. The zero-order chi connectivity index (χ0) is 18.4. The van der Waals surface area contributed by atoms with Crippen LogP contribution in [0, 0.1) is 5.92 Å². The molecule has 0 spiro atoms. The predicted octanol–water partition coefficient (Wildman–Crippen LogP) is 3.31. The van der Waals surface area contributed by atoms with Gasteiger partial charge < -0.3 is 20.1 Å². The Morgan fingerprint density at radius 3 is 2.77 bits per heavy atom. The van der Waals surface area contributed by atoms with E-state index < -0.39 is 0 Å². The Balaban J connectivity index is 1.69. The summed E-state index contributed by atoms with van der Waals surface area (Å²) in [5, 5.41) is 5.70. The van der Waals surface area contributed by atoms with Gasteiger partial charge in [0, 0.05) is 17.9 Å². The normalized spacial score (nSPS) is 16.1. The maximum atomic E-state index is 12.6. The first kappa shape index (κ1) is 17.9. The molecule has 2 aromatic rings. The summed E-state index contributed by atoms with van der Waals surface area (Å²) in [5.41, 5.74) is 1.65. The van der Waals surface area contributed by atoms with E-state index in [1.165, 1.54) is 0 Å². The van der Waals surface area contributed by atoms with E-state index in [2.05, 4.69) is 10.6 Å². The predicted molar refractivity (Wildman–Crippen MR) is 99.6 cm³/mol. The van der Waals surface area contributed by atoms with E-state index in [0.29, 0.717) is 42.5 Å². The zero-order valence-electron chi connectivity index (χ0n) is 14.7. The molecule has 1 aliphatic rings. The number of carbonyl (C=O) groups excluding carboxylic acids is 2. The molecule has 6 heteroatoms. The molecule has 0 saturated carbocycles. The highest BCUT2D eigenvalue weighted by atomic mass is 16.5. The van der Waals surface area contributed by atoms with Crippen molar-refractivity contribution in [2.45, 2.75) is 13.3 Å². The van der Waals surface area contributed by atoms with Gasteiger partial charge in [0.05, 0.1) is 24.8 Å². The van der Waals surface area contributed by atoms with Gasteiger partial charge in [-0.25, -0.2) is 0 Å². The number of carbonyl (C=O) groups is 2. The van der Waals surface area contributed by atoms with Gasteiger partial charge in [0.2, 0.25) is 5.91 Å². The van der Waals surface area contributed by atoms with Crippen molar-refractivity contribution in [1.82, 2.24) is 0 Å². The number of rotatable bonds is 6. The van der Waals surface area contributed by atoms with Crippen LogP contribution in [-0.2, 0) is 9.53 Å². The molecular formula is C20H22N2O4. The minimum absolute atomic E-state index is 0.0817. The van der Waals surface area contributed by atoms with Gasteiger partial charge in [0.1, 0.15) is 5.75 Å². The van der Waals surface area contributed by atoms with Gasteiger partial charge in [-0.05, 0) is 43.7 Å². The minimum Gasteiger partial charge on any atom is -0.492 e. The fourth-order valence-corrected chi connectivity index (χ4v) is 2.77. The summed E-state index contributed by atoms with van der Waals surface area (Å²) in [7, 11) is 0. The van der Waals surface area contributed by atoms with Crippen LogP contribution < -0.4 is 15.4 Å². The van der Waals surface area contributed by atoms with Crippen molar-refractivity contribution in [2.24, 2.45) is 5.92 Å². The molecule has 3 rings (SSSR count). The van der Waals surface area contributed by atoms with Crippen molar-refractivity contribution < 1.29 is 19.1 Å². The lowest BCUT2D eigenvalue weighted by molar-refractivity contribution is -0.119. The fourth-order valence-electron chi connectivity index (χ4n) is 2.77. The van der Waals surface area contributed by atoms with E-state index in [1.54, 1.807) is 36.4 Å². The van der Waals surface area contributed by atoms with Gasteiger partial charge in [-0.2, -0.15) is 0 Å². The van der Waals surface area contributed by atoms with E-state index in [9.17, 15) is 9.59 Å². The Kier molecular flexibility index (Phi) is 5.86. The van der Waals surface area contributed by atoms with Crippen LogP contribution in [0.25, 0.3) is 0 Å². The number of amides is 2. The molecule has 1 heterocycles. The first-order valence-corrected chi connectivity index (χ1v) is 8.69. The molecule has 1 aliphatic heterocycles. The highest BCUT2D eigenvalue weighted by molar-refractivity contribution is 6.06. The minimum atomic E-state index is -0.266. The lowest BCUT2D eigenvalue weighted by atomic mass is 10.1. The summed E-state index contributed by atoms with van der Waals surface area (Å²) in [6.45, 7) is 3.46. The smallest absolute Gasteiger partial charge is 0.255 e. The molecule has 0 aromatic heterocycles. The zero-order valence-corrected chi connectivity index (χ0v) is 14.7. The summed E-state index contributed by atoms with van der Waals surface area (Å²) < 4.78 is 10.8. The van der Waals surface area contributed by atoms with E-state index in [4.69, 9.17) is 9.47 Å². The average Bonchev–Trinajstić information content (AvgIpc) is 3.19. The third-order valence-electron chi connectivity index (χ3n) is 4.13. The van der Waals surface area contributed by atoms with Crippen LogP contribution in [-0.4, -0.2) is 31.6 Å². The molecule has 1 atom stereocenters. The van der Waals surface area contributed by atoms with Crippen molar-refractivity contribution in [2.75, 3.05) is 30.5 Å². The molecule has 2 N–H and O–H groups in total. The number of benzene rings is 2. The lowest BCUT2D eigenvalue weighted by Gasteiger charge is -2.12. The molecular weight excluding hydrogens is 332 g/mol. The third kappa shape index (κ3) is 4.40. The first-order chi connectivity index (χ1) is 12.7. The molecule has 0 aliphatic carbocycles. The Morgan fingerprint density at radius 1 is 1.15 bits per heavy atom. The van der Waals surface area contributed by atoms with Gasteiger partial charge >= 0.3 is 0 Å². The second-order valence-electron chi connectivity index (χ2n) is 6.01. The molecule has 1 saturated heterocycles. The molecule has 2 aromatic carbocycles. The summed E-state index contributed by atoms with van der Waals surface area (Å²) in [6.07, 6.45) is 0.722. The van der Waals surface area contributed by atoms with Crippen LogP contribution in [0.4, 0.5) is 11.4 Å². The molecule has 136 valence electrons. The number of ether oxygens (including phenoxy) is 2. The second kappa shape index (κ2) is 8.49. The Labute approximate surface area is 152 Å². The van der Waals surface area contributed by atoms with Crippen molar-refractivity contribution >= 4 is 23.2 Å². The Morgan fingerprint density at radius 2 is 2.00 bits per heavy atom. The summed E-state index contributed by atoms with van der Waals surface area (Å²) in [6, 6.07) is 14.1. The molecule has 1 fully saturated rings. The van der Waals surface area contributed by atoms with Gasteiger partial charge in [0.15, 0.2) is 0 Å². The number of hydrogen-bond donors (Lipinski definition) is 2. The number of hydrogen-bond acceptors (Lipinski definition) is 4. The molecule has 0 bridgehead atoms. The molecule has 6 nitrogen and oxygen atoms in total. The Hall–Kier alpha value is -2.86. The quantitative estimate of drug-likeness (QED) is 0.834. The van der Waals surface area contributed by atoms with Crippen molar-refractivity contribution in [1.29, 1.82) is 0 Å². The molecule has 0 radical (unpaired) electrons. The molecule has 1 unspecified atom stereocenters. The summed E-state index contributed by atoms with van der Waals surface area (Å²) >= 11 is 0. The number of anilines is 2. The highest BCUT2D eigenvalue weighted by Gasteiger charge is 2.23. The van der Waals surface area contributed by atoms with Crippen LogP contribution in [0.15, 0.2) is 48.5 Å². The maximum absolute atomic E-state index is 12.6. The molecule has 2 amide bonds. The SMILES string of the molecule is CCOc1ccccc1NC(=O)c1cccc(NC(=O)C2CCOC2)c1. The highest BCUT2D eigenvalue weighted by Crippen LogP contribution is 2.25. The fraction of sp³-hybridized carbons (Fsp3) is 0.300. The van der Waals surface area contributed by atoms with E-state index in [0.717, 1.165) is 6.42 Å². The van der Waals surface area contributed by atoms with Crippen LogP contribution in [0.3, 0.4) is 0 Å². The van der Waals surface area contributed by atoms with Crippen LogP contribution >= 0.6 is 0 Å². The van der Waals surface area contributed by atoms with E-state index in [1.807, 2.05) is 19.1 Å².